The number of primary amides is 1. The molecular weight excluding hydrogens is 220 g/mol. The molecule has 0 saturated carbocycles. The van der Waals surface area contributed by atoms with Crippen molar-refractivity contribution in [2.24, 2.45) is 11.1 Å². The predicted octanol–water partition coefficient (Wildman–Crippen LogP) is 0.827. The van der Waals surface area contributed by atoms with Crippen molar-refractivity contribution >= 4 is 11.9 Å². The van der Waals surface area contributed by atoms with Crippen LogP contribution in [-0.4, -0.2) is 41.0 Å². The van der Waals surface area contributed by atoms with Gasteiger partial charge < -0.3 is 10.8 Å². The Morgan fingerprint density at radius 3 is 2.59 bits per heavy atom. The second-order valence-corrected chi connectivity index (χ2v) is 5.14. The standard InChI is InChI=1S/C12H22N2O3/c1-3-4-5-9(10(15)16)14-7-6-12(2,8-14)11(13)17/h9H,3-8H2,1-2H3,(H2,13,17)(H,15,16). The van der Waals surface area contributed by atoms with Crippen molar-refractivity contribution in [1.29, 1.82) is 0 Å². The van der Waals surface area contributed by atoms with Crippen molar-refractivity contribution < 1.29 is 14.7 Å². The van der Waals surface area contributed by atoms with Gasteiger partial charge in [0.15, 0.2) is 0 Å². The van der Waals surface area contributed by atoms with Crippen LogP contribution < -0.4 is 5.73 Å². The number of carboxylic acid groups (broad SMARTS) is 1. The molecule has 0 spiro atoms. The van der Waals surface area contributed by atoms with Crippen molar-refractivity contribution in [3.63, 3.8) is 0 Å². The highest BCUT2D eigenvalue weighted by Gasteiger charge is 2.42. The van der Waals surface area contributed by atoms with Crippen LogP contribution >= 0.6 is 0 Å². The summed E-state index contributed by atoms with van der Waals surface area (Å²) in [4.78, 5) is 24.4. The highest BCUT2D eigenvalue weighted by atomic mass is 16.4. The number of nitrogens with two attached hydrogens (primary N) is 1. The zero-order valence-corrected chi connectivity index (χ0v) is 10.6. The third-order valence-electron chi connectivity index (χ3n) is 3.65. The van der Waals surface area contributed by atoms with Crippen LogP contribution in [0.2, 0.25) is 0 Å². The van der Waals surface area contributed by atoms with Crippen LogP contribution in [0, 0.1) is 5.41 Å². The Hall–Kier alpha value is -1.10. The lowest BCUT2D eigenvalue weighted by atomic mass is 9.89. The second-order valence-electron chi connectivity index (χ2n) is 5.14. The Bertz CT molecular complexity index is 306. The number of hydrogen-bond acceptors (Lipinski definition) is 3. The third-order valence-corrected chi connectivity index (χ3v) is 3.65. The van der Waals surface area contributed by atoms with Crippen molar-refractivity contribution in [2.75, 3.05) is 13.1 Å². The van der Waals surface area contributed by atoms with Gasteiger partial charge in [-0.3, -0.25) is 14.5 Å². The monoisotopic (exact) mass is 242 g/mol. The van der Waals surface area contributed by atoms with E-state index in [1.165, 1.54) is 0 Å². The van der Waals surface area contributed by atoms with E-state index >= 15 is 0 Å². The van der Waals surface area contributed by atoms with Gasteiger partial charge in [-0.05, 0) is 19.8 Å². The van der Waals surface area contributed by atoms with Crippen LogP contribution in [0.4, 0.5) is 0 Å². The molecule has 0 aliphatic carbocycles. The minimum atomic E-state index is -0.799. The Balaban J connectivity index is 2.66. The molecule has 0 bridgehead atoms. The summed E-state index contributed by atoms with van der Waals surface area (Å²) < 4.78 is 0. The number of carbonyl (C=O) groups is 2. The van der Waals surface area contributed by atoms with Crippen molar-refractivity contribution in [3.8, 4) is 0 Å². The molecule has 2 atom stereocenters. The van der Waals surface area contributed by atoms with Gasteiger partial charge in [-0.25, -0.2) is 0 Å². The summed E-state index contributed by atoms with van der Waals surface area (Å²) in [6.07, 6.45) is 3.16. The van der Waals surface area contributed by atoms with Crippen molar-refractivity contribution in [2.45, 2.75) is 45.6 Å². The fourth-order valence-corrected chi connectivity index (χ4v) is 2.32. The number of carboxylic acids is 1. The molecule has 1 saturated heterocycles. The summed E-state index contributed by atoms with van der Waals surface area (Å²) >= 11 is 0. The lowest BCUT2D eigenvalue weighted by molar-refractivity contribution is -0.143. The first-order valence-electron chi connectivity index (χ1n) is 6.17. The SMILES string of the molecule is CCCCC(C(=O)O)N1CCC(C)(C(N)=O)C1. The number of hydrogen-bond donors (Lipinski definition) is 2. The summed E-state index contributed by atoms with van der Waals surface area (Å²) in [5.74, 6) is -1.13. The van der Waals surface area contributed by atoms with Gasteiger partial charge in [0.25, 0.3) is 0 Å². The molecule has 0 radical (unpaired) electrons. The average molecular weight is 242 g/mol. The van der Waals surface area contributed by atoms with E-state index in [1.807, 2.05) is 18.7 Å². The lowest BCUT2D eigenvalue weighted by Crippen LogP contribution is -2.43. The van der Waals surface area contributed by atoms with E-state index in [1.54, 1.807) is 0 Å². The number of aliphatic carboxylic acids is 1. The maximum atomic E-state index is 11.3. The molecule has 1 rings (SSSR count). The molecule has 0 aromatic carbocycles. The normalized spacial score (nSPS) is 26.9. The quantitative estimate of drug-likeness (QED) is 0.722. The van der Waals surface area contributed by atoms with Crippen LogP contribution in [0.25, 0.3) is 0 Å². The number of rotatable bonds is 6. The van der Waals surface area contributed by atoms with Gasteiger partial charge in [-0.15, -0.1) is 0 Å². The molecule has 0 aromatic rings. The summed E-state index contributed by atoms with van der Waals surface area (Å²) in [5.41, 5.74) is 4.79. The largest absolute Gasteiger partial charge is 0.480 e. The van der Waals surface area contributed by atoms with Gasteiger partial charge in [0.05, 0.1) is 5.41 Å². The molecule has 1 amide bonds. The average Bonchev–Trinajstić information content (AvgIpc) is 2.62. The van der Waals surface area contributed by atoms with Gasteiger partial charge >= 0.3 is 5.97 Å². The van der Waals surface area contributed by atoms with E-state index in [-0.39, 0.29) is 5.91 Å². The van der Waals surface area contributed by atoms with E-state index < -0.39 is 17.4 Å². The van der Waals surface area contributed by atoms with Crippen LogP contribution in [0.3, 0.4) is 0 Å². The predicted molar refractivity (Wildman–Crippen MR) is 64.4 cm³/mol. The Kier molecular flexibility index (Phi) is 4.51. The highest BCUT2D eigenvalue weighted by molar-refractivity contribution is 5.81. The van der Waals surface area contributed by atoms with Gasteiger partial charge in [0.2, 0.25) is 5.91 Å². The molecular formula is C12H22N2O3. The minimum Gasteiger partial charge on any atom is -0.480 e. The van der Waals surface area contributed by atoms with E-state index in [0.29, 0.717) is 25.9 Å². The minimum absolute atomic E-state index is 0.334. The molecule has 3 N–H and O–H groups in total. The summed E-state index contributed by atoms with van der Waals surface area (Å²) in [6.45, 7) is 4.95. The zero-order valence-electron chi connectivity index (χ0n) is 10.6. The Morgan fingerprint density at radius 1 is 1.53 bits per heavy atom. The molecule has 1 heterocycles. The second kappa shape index (κ2) is 5.49. The summed E-state index contributed by atoms with van der Waals surface area (Å²) in [6, 6.07) is -0.476. The van der Waals surface area contributed by atoms with Gasteiger partial charge in [-0.2, -0.15) is 0 Å². The molecule has 1 aliphatic rings. The van der Waals surface area contributed by atoms with Crippen LogP contribution in [0.5, 0.6) is 0 Å². The molecule has 5 nitrogen and oxygen atoms in total. The molecule has 98 valence electrons. The maximum Gasteiger partial charge on any atom is 0.320 e. The van der Waals surface area contributed by atoms with Gasteiger partial charge in [-0.1, -0.05) is 19.8 Å². The number of amides is 1. The molecule has 0 aromatic heterocycles. The van der Waals surface area contributed by atoms with E-state index in [4.69, 9.17) is 5.73 Å². The van der Waals surface area contributed by atoms with Crippen LogP contribution in [0.1, 0.15) is 39.5 Å². The number of nitrogens with zero attached hydrogens (tertiary/aromatic N) is 1. The van der Waals surface area contributed by atoms with Gasteiger partial charge in [0.1, 0.15) is 6.04 Å². The topological polar surface area (TPSA) is 83.6 Å². The van der Waals surface area contributed by atoms with Crippen LogP contribution in [0.15, 0.2) is 0 Å². The highest BCUT2D eigenvalue weighted by Crippen LogP contribution is 2.31. The lowest BCUT2D eigenvalue weighted by Gasteiger charge is -2.26. The van der Waals surface area contributed by atoms with Crippen LogP contribution in [-0.2, 0) is 9.59 Å². The first kappa shape index (κ1) is 14.0. The van der Waals surface area contributed by atoms with E-state index in [0.717, 1.165) is 12.8 Å². The fourth-order valence-electron chi connectivity index (χ4n) is 2.32. The molecule has 1 aliphatic heterocycles. The first-order chi connectivity index (χ1) is 7.90. The molecule has 2 unspecified atom stereocenters. The Labute approximate surface area is 102 Å². The first-order valence-corrected chi connectivity index (χ1v) is 6.17. The number of unbranched alkanes of at least 4 members (excludes halogenated alkanes) is 1. The number of carbonyl (C=O) groups excluding carboxylic acids is 1. The fraction of sp³-hybridized carbons (Fsp3) is 0.833. The Morgan fingerprint density at radius 2 is 2.18 bits per heavy atom. The smallest absolute Gasteiger partial charge is 0.320 e. The summed E-state index contributed by atoms with van der Waals surface area (Å²) in [5, 5.41) is 9.21. The maximum absolute atomic E-state index is 11.3. The number of likely N-dealkylation sites (tertiary alicyclic amines) is 1. The van der Waals surface area contributed by atoms with Crippen molar-refractivity contribution in [3.05, 3.63) is 0 Å². The summed E-state index contributed by atoms with van der Waals surface area (Å²) in [7, 11) is 0. The van der Waals surface area contributed by atoms with E-state index in [9.17, 15) is 14.7 Å². The molecule has 1 fully saturated rings. The molecule has 17 heavy (non-hydrogen) atoms. The van der Waals surface area contributed by atoms with Gasteiger partial charge in [0, 0.05) is 13.1 Å². The van der Waals surface area contributed by atoms with E-state index in [2.05, 4.69) is 0 Å². The third kappa shape index (κ3) is 3.19. The zero-order chi connectivity index (χ0) is 13.1. The van der Waals surface area contributed by atoms with Crippen molar-refractivity contribution in [1.82, 2.24) is 4.90 Å². The molecule has 5 heteroatoms.